The number of esters is 3. The zero-order valence-corrected chi connectivity index (χ0v) is 78.8. The summed E-state index contributed by atoms with van der Waals surface area (Å²) in [6.07, 6.45) is 4.90. The predicted octanol–water partition coefficient (Wildman–Crippen LogP) is 12.4. The van der Waals surface area contributed by atoms with E-state index in [0.29, 0.717) is 101 Å². The third kappa shape index (κ3) is 24.5. The van der Waals surface area contributed by atoms with Crippen LogP contribution in [-0.4, -0.2) is 154 Å². The minimum absolute atomic E-state index is 0. The van der Waals surface area contributed by atoms with E-state index in [0.717, 1.165) is 12.8 Å². The van der Waals surface area contributed by atoms with Crippen LogP contribution in [0.5, 0.6) is 0 Å². The summed E-state index contributed by atoms with van der Waals surface area (Å²) >= 11 is 0. The van der Waals surface area contributed by atoms with E-state index in [-0.39, 0.29) is 148 Å². The number of halogens is 3. The van der Waals surface area contributed by atoms with Gasteiger partial charge in [-0.2, -0.15) is 13.2 Å². The van der Waals surface area contributed by atoms with Crippen LogP contribution in [0.15, 0.2) is 0 Å². The summed E-state index contributed by atoms with van der Waals surface area (Å²) in [5.74, 6) is -1.45. The van der Waals surface area contributed by atoms with Crippen LogP contribution < -0.4 is 51.4 Å². The van der Waals surface area contributed by atoms with Crippen LogP contribution in [0.25, 0.3) is 4.72 Å². The number of amides is 1. The maximum absolute atomic E-state index is 13.2. The molecule has 0 aromatic carbocycles. The topological polar surface area (TPSA) is 273 Å². The van der Waals surface area contributed by atoms with Gasteiger partial charge in [-0.05, 0) is 159 Å². The summed E-state index contributed by atoms with van der Waals surface area (Å²) in [7, 11) is -36.2. The average Bonchev–Trinajstić information content (AvgIpc) is 0.646. The molecule has 594 valence electrons. The quantitative estimate of drug-likeness (QED) is 0.0255. The van der Waals surface area contributed by atoms with E-state index >= 15 is 0 Å². The molecule has 37 heteroatoms. The molecule has 2 unspecified atom stereocenters. The van der Waals surface area contributed by atoms with E-state index in [2.05, 4.69) is 102 Å². The zero-order chi connectivity index (χ0) is 77.0. The van der Waals surface area contributed by atoms with Crippen molar-refractivity contribution < 1.29 is 165 Å². The van der Waals surface area contributed by atoms with Crippen LogP contribution in [0.3, 0.4) is 0 Å². The molecule has 0 aromatic heterocycles. The van der Waals surface area contributed by atoms with Crippen molar-refractivity contribution in [1.82, 2.24) is 0 Å². The van der Waals surface area contributed by atoms with E-state index in [9.17, 15) is 40.8 Å². The van der Waals surface area contributed by atoms with Crippen molar-refractivity contribution in [3.8, 4) is 0 Å². The Kier molecular flexibility index (Phi) is 33.1. The summed E-state index contributed by atoms with van der Waals surface area (Å²) in [5.41, 5.74) is -9.57. The molecular formula is C66H127F3KNO23SSi8. The van der Waals surface area contributed by atoms with Gasteiger partial charge < -0.3 is 82.6 Å². The fourth-order valence-corrected chi connectivity index (χ4v) is 66.8. The van der Waals surface area contributed by atoms with Gasteiger partial charge in [-0.1, -0.05) is 118 Å². The van der Waals surface area contributed by atoms with Gasteiger partial charge in [0, 0.05) is 60.9 Å². The summed E-state index contributed by atoms with van der Waals surface area (Å²) in [6, 6.07) is 3.39. The first-order valence-corrected chi connectivity index (χ1v) is 54.3. The van der Waals surface area contributed by atoms with Crippen molar-refractivity contribution in [2.24, 2.45) is 74.9 Å². The molecule has 1 amide bonds. The molecule has 0 spiro atoms. The summed E-state index contributed by atoms with van der Waals surface area (Å²) < 4.78 is 184. The summed E-state index contributed by atoms with van der Waals surface area (Å²) in [4.78, 5) is 50.0. The van der Waals surface area contributed by atoms with Crippen molar-refractivity contribution in [2.45, 2.75) is 283 Å². The smallest absolute Gasteiger partial charge is 0.538 e. The molecule has 0 aromatic rings. The second kappa shape index (κ2) is 36.3. The molecular weight excluding hydrogens is 1530 g/mol. The number of carbonyl (C=O) groups is 4. The van der Waals surface area contributed by atoms with Gasteiger partial charge in [-0.25, -0.2) is 8.42 Å². The van der Waals surface area contributed by atoms with Crippen LogP contribution in [0.1, 0.15) is 223 Å². The van der Waals surface area contributed by atoms with Crippen LogP contribution in [0.4, 0.5) is 13.2 Å². The maximum Gasteiger partial charge on any atom is 1.00 e. The van der Waals surface area contributed by atoms with Crippen molar-refractivity contribution >= 4 is 104 Å². The minimum Gasteiger partial charge on any atom is -0.538 e. The molecule has 4 aliphatic carbocycles. The van der Waals surface area contributed by atoms with Crippen molar-refractivity contribution in [3.05, 3.63) is 4.72 Å². The van der Waals surface area contributed by atoms with E-state index in [1.807, 2.05) is 48.5 Å². The Morgan fingerprint density at radius 1 is 0.456 bits per heavy atom. The molecule has 2 atom stereocenters. The second-order valence-corrected chi connectivity index (χ2v) is 60.4. The van der Waals surface area contributed by atoms with Gasteiger partial charge in [-0.15, -0.1) is 0 Å². The summed E-state index contributed by atoms with van der Waals surface area (Å²) in [5, 5.41) is 0. The number of ether oxygens (including phenoxy) is 5. The number of hydrogen-bond donors (Lipinski definition) is 0. The maximum atomic E-state index is 13.2. The van der Waals surface area contributed by atoms with Crippen molar-refractivity contribution in [1.29, 1.82) is 0 Å². The minimum atomic E-state index is -5.89. The van der Waals surface area contributed by atoms with Gasteiger partial charge in [-0.3, -0.25) is 14.4 Å². The molecule has 0 radical (unpaired) electrons. The first kappa shape index (κ1) is 94.0. The molecule has 6 saturated heterocycles. The average molecular weight is 1660 g/mol. The zero-order valence-electron chi connectivity index (χ0n) is 66.8. The van der Waals surface area contributed by atoms with Gasteiger partial charge in [0.15, 0.2) is 10.0 Å². The van der Waals surface area contributed by atoms with E-state index in [1.165, 1.54) is 0 Å². The molecule has 6 heterocycles. The Labute approximate surface area is 666 Å². The van der Waals surface area contributed by atoms with Crippen molar-refractivity contribution in [2.75, 3.05) is 40.1 Å². The Bertz CT molecular complexity index is 2790. The largest absolute Gasteiger partial charge is 1.00 e. The van der Waals surface area contributed by atoms with E-state index < -0.39 is 125 Å². The number of carbonyl (C=O) groups excluding carboxylic acids is 4. The van der Waals surface area contributed by atoms with Gasteiger partial charge in [0.1, 0.15) is 12.2 Å². The molecule has 12 bridgehead atoms. The normalized spacial score (nSPS) is 33.2. The van der Waals surface area contributed by atoms with Crippen LogP contribution >= 0.6 is 0 Å². The molecule has 103 heavy (non-hydrogen) atoms. The van der Waals surface area contributed by atoms with E-state index in [4.69, 9.17) is 73.1 Å². The first-order chi connectivity index (χ1) is 46.8. The number of sulfonamides is 1. The fourth-order valence-electron chi connectivity index (χ4n) is 14.7. The van der Waals surface area contributed by atoms with Gasteiger partial charge in [0.25, 0.3) is 0 Å². The third-order valence-corrected chi connectivity index (χ3v) is 60.7. The molecule has 6 aliphatic heterocycles. The van der Waals surface area contributed by atoms with Crippen LogP contribution in [-0.2, 0) is 102 Å². The Balaban J connectivity index is 0.000000355. The summed E-state index contributed by atoms with van der Waals surface area (Å²) in [6.45, 7) is 48.9. The molecule has 0 N–H and O–H groups in total. The van der Waals surface area contributed by atoms with Gasteiger partial charge in [0.05, 0.1) is 48.6 Å². The van der Waals surface area contributed by atoms with Gasteiger partial charge >= 0.3 is 145 Å². The predicted molar refractivity (Wildman–Crippen MR) is 392 cm³/mol. The fraction of sp³-hybridized carbons (Fsp3) is 0.939. The molecule has 10 fully saturated rings. The number of nitrogens with zero attached hydrogens (tertiary/aromatic N) is 1. The number of alkyl halides is 3. The Morgan fingerprint density at radius 3 is 1.04 bits per heavy atom. The molecule has 10 rings (SSSR count). The third-order valence-electron chi connectivity index (χ3n) is 19.7. The Hall–Kier alpha value is 0.431. The number of hydrogen-bond acceptors (Lipinski definition) is 23. The van der Waals surface area contributed by atoms with Crippen molar-refractivity contribution in [3.63, 3.8) is 0 Å². The first-order valence-electron chi connectivity index (χ1n) is 37.4. The number of methoxy groups -OCH3 is 1. The second-order valence-electron chi connectivity index (χ2n) is 34.7. The molecule has 10 aliphatic rings. The van der Waals surface area contributed by atoms with Crippen LogP contribution in [0, 0.1) is 74.9 Å². The number of rotatable bonds is 33. The standard InChI is InChI=1S/C37H80O14Si8.C18H26F3NO5S.C11H22O4.K/c1-18-37(16,17)36(38)39-20-19-21-52-40-53(22-29(2)3)43-56(25-32(8)9)45-54(41-52,23-30(4)5)47-58(27-34(12)13)48-55(42-52,24-31(6)7)46-57(44-53,26-33(10)11)50-59(49-56,51-58)28-35(14)15;1-4-15(2,3)14(24)27-17-8-11-5-12(9-17)7-16(6-11,10-17)13(23)22-28(25,26)18(19,20)21;1-5-11(2,3)10(12)15-9-8-14-7-6-13-4;/h29-35H,18-28H2,1-17H3;11-12H,4-10H2,1-3H3,(H,22,23);5-9H2,1-4H3;/q;;;+1/p-1. The van der Waals surface area contributed by atoms with E-state index in [1.54, 1.807) is 21.0 Å². The molecule has 4 saturated carbocycles. The molecule has 24 nitrogen and oxygen atoms in total. The Morgan fingerprint density at radius 2 is 0.748 bits per heavy atom. The van der Waals surface area contributed by atoms with Gasteiger partial charge in [0.2, 0.25) is 0 Å². The monoisotopic (exact) mass is 1650 g/mol. The van der Waals surface area contributed by atoms with Crippen LogP contribution in [0.2, 0.25) is 48.4 Å². The SMILES string of the molecule is CCC(C)(C)C(=O)OC12CC3CC(C1)CC(C(=O)[N-]S(=O)(=O)C(F)(F)F)(C3)C2.CCC(C)(C)C(=O)OCCC[Si]12O[Si]3(CC(C)C)O[Si]4(CC(C)C)O[Si](CC(C)C)(O1)O[Si]1(CC(C)C)O[Si](CC(C)C)(O2)O[Si](CC(C)C)(O3)O[Si](CC(C)C)(O4)O1.CCC(C)(C)C(=O)OCCOCCOC.[K+].